The number of nitrogens with zero attached hydrogens (tertiary/aromatic N) is 1. The first kappa shape index (κ1) is 11.6. The maximum absolute atomic E-state index is 11.6. The van der Waals surface area contributed by atoms with Gasteiger partial charge in [-0.2, -0.15) is 0 Å². The number of ketones is 2. The quantitative estimate of drug-likeness (QED) is 0.693. The fraction of sp³-hybridized carbons (Fsp3) is 0.417. The summed E-state index contributed by atoms with van der Waals surface area (Å²) >= 11 is 0. The van der Waals surface area contributed by atoms with E-state index in [-0.39, 0.29) is 23.9 Å². The number of hydrogen-bond acceptors (Lipinski definition) is 3. The van der Waals surface area contributed by atoms with Gasteiger partial charge in [0.2, 0.25) is 0 Å². The van der Waals surface area contributed by atoms with E-state index in [9.17, 15) is 9.59 Å². The van der Waals surface area contributed by atoms with Gasteiger partial charge in [0.1, 0.15) is 5.78 Å². The van der Waals surface area contributed by atoms with E-state index in [1.807, 2.05) is 13.8 Å². The van der Waals surface area contributed by atoms with E-state index in [1.54, 1.807) is 18.3 Å². The monoisotopic (exact) mass is 205 g/mol. The standard InChI is InChI=1S/C12H15NO2/c1-9(2)11(14)5-6-12(15)10-4-3-7-13-8-10/h3-4,7-9H,5-6H2,1-2H3. The topological polar surface area (TPSA) is 47.0 Å². The van der Waals surface area contributed by atoms with Crippen molar-refractivity contribution in [3.8, 4) is 0 Å². The average molecular weight is 205 g/mol. The van der Waals surface area contributed by atoms with Gasteiger partial charge in [-0.25, -0.2) is 0 Å². The molecule has 0 radical (unpaired) electrons. The summed E-state index contributed by atoms with van der Waals surface area (Å²) in [5.41, 5.74) is 0.578. The Balaban J connectivity index is 2.48. The van der Waals surface area contributed by atoms with Crippen molar-refractivity contribution in [3.05, 3.63) is 30.1 Å². The second-order valence-corrected chi connectivity index (χ2v) is 3.79. The van der Waals surface area contributed by atoms with Gasteiger partial charge in [-0.15, -0.1) is 0 Å². The van der Waals surface area contributed by atoms with Gasteiger partial charge in [0.25, 0.3) is 0 Å². The van der Waals surface area contributed by atoms with E-state index < -0.39 is 0 Å². The van der Waals surface area contributed by atoms with Gasteiger partial charge >= 0.3 is 0 Å². The van der Waals surface area contributed by atoms with Gasteiger partial charge in [0.05, 0.1) is 0 Å². The van der Waals surface area contributed by atoms with Crippen LogP contribution in [0.25, 0.3) is 0 Å². The van der Waals surface area contributed by atoms with Gasteiger partial charge in [0.15, 0.2) is 5.78 Å². The number of rotatable bonds is 5. The number of Topliss-reactive ketones (excluding diaryl/α,β-unsaturated/α-hetero) is 2. The Labute approximate surface area is 89.5 Å². The molecule has 0 N–H and O–H groups in total. The summed E-state index contributed by atoms with van der Waals surface area (Å²) in [6.07, 6.45) is 3.76. The zero-order valence-corrected chi connectivity index (χ0v) is 9.06. The number of carbonyl (C=O) groups excluding carboxylic acids is 2. The minimum Gasteiger partial charge on any atom is -0.299 e. The molecule has 0 aromatic carbocycles. The molecule has 0 aliphatic rings. The molecule has 1 rings (SSSR count). The van der Waals surface area contributed by atoms with E-state index >= 15 is 0 Å². The van der Waals surface area contributed by atoms with E-state index in [0.29, 0.717) is 12.0 Å². The molecule has 0 amide bonds. The lowest BCUT2D eigenvalue weighted by Gasteiger charge is -2.03. The van der Waals surface area contributed by atoms with Crippen molar-refractivity contribution in [2.24, 2.45) is 5.92 Å². The van der Waals surface area contributed by atoms with Crippen LogP contribution in [0.3, 0.4) is 0 Å². The molecule has 0 saturated carbocycles. The molecule has 3 heteroatoms. The number of pyridine rings is 1. The van der Waals surface area contributed by atoms with Crippen LogP contribution in [-0.2, 0) is 4.79 Å². The lowest BCUT2D eigenvalue weighted by molar-refractivity contribution is -0.121. The highest BCUT2D eigenvalue weighted by Gasteiger charge is 2.11. The predicted molar refractivity (Wildman–Crippen MR) is 57.6 cm³/mol. The van der Waals surface area contributed by atoms with Crippen molar-refractivity contribution < 1.29 is 9.59 Å². The van der Waals surface area contributed by atoms with E-state index in [1.165, 1.54) is 6.20 Å². The molecule has 1 aromatic rings. The highest BCUT2D eigenvalue weighted by molar-refractivity contribution is 5.98. The lowest BCUT2D eigenvalue weighted by atomic mass is 10.0. The molecule has 15 heavy (non-hydrogen) atoms. The zero-order valence-electron chi connectivity index (χ0n) is 9.06. The maximum atomic E-state index is 11.6. The van der Waals surface area contributed by atoms with Crippen LogP contribution in [-0.4, -0.2) is 16.6 Å². The Hall–Kier alpha value is -1.51. The normalized spacial score (nSPS) is 10.3. The third-order valence-electron chi connectivity index (χ3n) is 2.23. The third-order valence-corrected chi connectivity index (χ3v) is 2.23. The van der Waals surface area contributed by atoms with Crippen LogP contribution in [0.4, 0.5) is 0 Å². The van der Waals surface area contributed by atoms with Gasteiger partial charge < -0.3 is 0 Å². The maximum Gasteiger partial charge on any atom is 0.164 e. The molecule has 0 fully saturated rings. The number of hydrogen-bond donors (Lipinski definition) is 0. The highest BCUT2D eigenvalue weighted by atomic mass is 16.1. The lowest BCUT2D eigenvalue weighted by Crippen LogP contribution is -2.10. The molecule has 3 nitrogen and oxygen atoms in total. The van der Waals surface area contributed by atoms with Crippen molar-refractivity contribution in [2.75, 3.05) is 0 Å². The van der Waals surface area contributed by atoms with Crippen molar-refractivity contribution in [3.63, 3.8) is 0 Å². The number of aromatic nitrogens is 1. The smallest absolute Gasteiger partial charge is 0.164 e. The van der Waals surface area contributed by atoms with Crippen molar-refractivity contribution in [1.29, 1.82) is 0 Å². The minimum absolute atomic E-state index is 0.00620. The highest BCUT2D eigenvalue weighted by Crippen LogP contribution is 2.07. The van der Waals surface area contributed by atoms with Gasteiger partial charge in [-0.3, -0.25) is 14.6 Å². The van der Waals surface area contributed by atoms with Crippen molar-refractivity contribution in [2.45, 2.75) is 26.7 Å². The minimum atomic E-state index is -0.0166. The van der Waals surface area contributed by atoms with Crippen LogP contribution in [0.15, 0.2) is 24.5 Å². The Morgan fingerprint density at radius 2 is 2.07 bits per heavy atom. The summed E-state index contributed by atoms with van der Waals surface area (Å²) in [5, 5.41) is 0. The van der Waals surface area contributed by atoms with Crippen LogP contribution in [0.1, 0.15) is 37.0 Å². The molecule has 1 heterocycles. The predicted octanol–water partition coefficient (Wildman–Crippen LogP) is 2.27. The van der Waals surface area contributed by atoms with Gasteiger partial charge in [0, 0.05) is 36.7 Å². The molecule has 0 spiro atoms. The molecule has 0 saturated heterocycles. The Morgan fingerprint density at radius 3 is 2.60 bits per heavy atom. The average Bonchev–Trinajstić information content (AvgIpc) is 2.26. The molecule has 80 valence electrons. The second-order valence-electron chi connectivity index (χ2n) is 3.79. The molecule has 0 aliphatic carbocycles. The second kappa shape index (κ2) is 5.39. The SMILES string of the molecule is CC(C)C(=O)CCC(=O)c1cccnc1. The summed E-state index contributed by atoms with van der Waals surface area (Å²) in [5.74, 6) is 0.121. The Bertz CT molecular complexity index is 344. The molecule has 0 aliphatic heterocycles. The summed E-state index contributed by atoms with van der Waals surface area (Å²) in [4.78, 5) is 26.8. The fourth-order valence-electron chi connectivity index (χ4n) is 1.20. The van der Waals surface area contributed by atoms with Crippen LogP contribution in [0, 0.1) is 5.92 Å². The Morgan fingerprint density at radius 1 is 1.33 bits per heavy atom. The first-order valence-electron chi connectivity index (χ1n) is 5.07. The first-order valence-corrected chi connectivity index (χ1v) is 5.07. The molecular formula is C12H15NO2. The summed E-state index contributed by atoms with van der Waals surface area (Å²) in [6, 6.07) is 3.44. The van der Waals surface area contributed by atoms with E-state index in [4.69, 9.17) is 0 Å². The van der Waals surface area contributed by atoms with Gasteiger partial charge in [-0.1, -0.05) is 13.8 Å². The molecule has 0 unspecified atom stereocenters. The zero-order chi connectivity index (χ0) is 11.3. The summed E-state index contributed by atoms with van der Waals surface area (Å²) < 4.78 is 0. The first-order chi connectivity index (χ1) is 7.11. The van der Waals surface area contributed by atoms with Crippen LogP contribution < -0.4 is 0 Å². The van der Waals surface area contributed by atoms with Crippen LogP contribution >= 0.6 is 0 Å². The molecule has 0 bridgehead atoms. The van der Waals surface area contributed by atoms with E-state index in [0.717, 1.165) is 0 Å². The molecular weight excluding hydrogens is 190 g/mol. The van der Waals surface area contributed by atoms with Crippen molar-refractivity contribution >= 4 is 11.6 Å². The summed E-state index contributed by atoms with van der Waals surface area (Å²) in [7, 11) is 0. The van der Waals surface area contributed by atoms with Crippen molar-refractivity contribution in [1.82, 2.24) is 4.98 Å². The van der Waals surface area contributed by atoms with Crippen LogP contribution in [0.2, 0.25) is 0 Å². The number of carbonyl (C=O) groups is 2. The fourth-order valence-corrected chi connectivity index (χ4v) is 1.20. The summed E-state index contributed by atoms with van der Waals surface area (Å²) in [6.45, 7) is 3.69. The van der Waals surface area contributed by atoms with E-state index in [2.05, 4.69) is 4.98 Å². The Kier molecular flexibility index (Phi) is 4.16. The molecule has 1 aromatic heterocycles. The molecule has 0 atom stereocenters. The third kappa shape index (κ3) is 3.62. The largest absolute Gasteiger partial charge is 0.299 e. The van der Waals surface area contributed by atoms with Gasteiger partial charge in [-0.05, 0) is 12.1 Å². The van der Waals surface area contributed by atoms with Crippen LogP contribution in [0.5, 0.6) is 0 Å².